The third-order valence-corrected chi connectivity index (χ3v) is 5.98. The van der Waals surface area contributed by atoms with Gasteiger partial charge in [-0.3, -0.25) is 10.1 Å². The van der Waals surface area contributed by atoms with Crippen molar-refractivity contribution >= 4 is 40.0 Å². The molecule has 10 nitrogen and oxygen atoms in total. The number of hydrogen-bond acceptors (Lipinski definition) is 8. The summed E-state index contributed by atoms with van der Waals surface area (Å²) in [6.45, 7) is 4.42. The number of pyridine rings is 2. The molecule has 1 aromatic carbocycles. The van der Waals surface area contributed by atoms with Crippen molar-refractivity contribution in [2.24, 2.45) is 5.92 Å². The first-order valence-corrected chi connectivity index (χ1v) is 10.7. The summed E-state index contributed by atoms with van der Waals surface area (Å²) in [5.41, 5.74) is 7.59. The van der Waals surface area contributed by atoms with E-state index in [-0.39, 0.29) is 47.5 Å². The summed E-state index contributed by atoms with van der Waals surface area (Å²) in [5, 5.41) is 6.24. The number of hydrogen-bond donors (Lipinski definition) is 3. The predicted octanol–water partition coefficient (Wildman–Crippen LogP) is 3.24. The molecule has 2 unspecified atom stereocenters. The van der Waals surface area contributed by atoms with Crippen LogP contribution in [0.25, 0.3) is 21.9 Å². The molecule has 4 N–H and O–H groups in total. The maximum Gasteiger partial charge on any atom is 0.413 e. The number of anilines is 3. The van der Waals surface area contributed by atoms with Gasteiger partial charge in [-0.25, -0.2) is 19.2 Å². The van der Waals surface area contributed by atoms with Crippen LogP contribution in [0.1, 0.15) is 12.5 Å². The van der Waals surface area contributed by atoms with Crippen molar-refractivity contribution in [3.63, 3.8) is 0 Å². The van der Waals surface area contributed by atoms with E-state index in [0.29, 0.717) is 40.8 Å². The second-order valence-corrected chi connectivity index (χ2v) is 8.34. The lowest BCUT2D eigenvalue weighted by Crippen LogP contribution is -2.27. The Bertz CT molecular complexity index is 1330. The van der Waals surface area contributed by atoms with Crippen LogP contribution in [-0.4, -0.2) is 47.9 Å². The Kier molecular flexibility index (Phi) is 5.40. The molecule has 0 spiro atoms. The number of ether oxygens (including phenoxy) is 3. The van der Waals surface area contributed by atoms with Gasteiger partial charge in [0, 0.05) is 34.8 Å². The van der Waals surface area contributed by atoms with Crippen LogP contribution in [0.5, 0.6) is 5.88 Å². The molecule has 2 aliphatic heterocycles. The number of nitrogens with zero attached hydrogens (tertiary/aromatic N) is 2. The number of carbonyl (C=O) groups excluding carboxylic acids is 2. The van der Waals surface area contributed by atoms with Gasteiger partial charge in [0.1, 0.15) is 17.6 Å². The average Bonchev–Trinajstić information content (AvgIpc) is 3.21. The first-order valence-electron chi connectivity index (χ1n) is 10.7. The van der Waals surface area contributed by atoms with E-state index in [9.17, 15) is 9.59 Å². The number of benzene rings is 1. The van der Waals surface area contributed by atoms with Crippen LogP contribution in [0.3, 0.4) is 0 Å². The third-order valence-electron chi connectivity index (χ3n) is 5.98. The molecule has 5 rings (SSSR count). The molecule has 0 radical (unpaired) electrons. The molecular weight excluding hydrogens is 445 g/mol. The van der Waals surface area contributed by atoms with Crippen molar-refractivity contribution in [3.8, 4) is 17.0 Å². The predicted molar refractivity (Wildman–Crippen MR) is 122 cm³/mol. The summed E-state index contributed by atoms with van der Waals surface area (Å²) in [7, 11) is 0. The lowest BCUT2D eigenvalue weighted by Gasteiger charge is -2.21. The minimum absolute atomic E-state index is 0.0940. The first kappa shape index (κ1) is 21.8. The fourth-order valence-corrected chi connectivity index (χ4v) is 4.04. The van der Waals surface area contributed by atoms with Gasteiger partial charge in [-0.15, -0.1) is 0 Å². The Labute approximate surface area is 193 Å². The molecule has 0 bridgehead atoms. The highest BCUT2D eigenvalue weighted by molar-refractivity contribution is 6.01. The number of nitrogen functional groups attached to an aromatic ring is 1. The minimum Gasteiger partial charge on any atom is -0.466 e. The van der Waals surface area contributed by atoms with Gasteiger partial charge in [-0.05, 0) is 30.0 Å². The Balaban J connectivity index is 1.49. The van der Waals surface area contributed by atoms with Crippen LogP contribution in [0.2, 0.25) is 0 Å². The summed E-state index contributed by atoms with van der Waals surface area (Å²) in [5.74, 6) is -0.365. The topological polar surface area (TPSA) is 138 Å². The van der Waals surface area contributed by atoms with E-state index in [1.165, 1.54) is 12.4 Å². The molecule has 11 heteroatoms. The summed E-state index contributed by atoms with van der Waals surface area (Å²) >= 11 is 0. The maximum atomic E-state index is 15.3. The monoisotopic (exact) mass is 467 g/mol. The molecule has 34 heavy (non-hydrogen) atoms. The van der Waals surface area contributed by atoms with Crippen molar-refractivity contribution in [3.05, 3.63) is 35.9 Å². The van der Waals surface area contributed by atoms with Crippen LogP contribution < -0.4 is 21.1 Å². The van der Waals surface area contributed by atoms with Crippen LogP contribution in [0.4, 0.5) is 26.4 Å². The highest BCUT2D eigenvalue weighted by atomic mass is 19.1. The molecule has 2 aromatic heterocycles. The molecule has 1 saturated heterocycles. The molecule has 0 saturated carbocycles. The van der Waals surface area contributed by atoms with E-state index in [2.05, 4.69) is 20.6 Å². The number of carbonyl (C=O) groups is 2. The van der Waals surface area contributed by atoms with Gasteiger partial charge < -0.3 is 25.3 Å². The zero-order valence-electron chi connectivity index (χ0n) is 18.5. The quantitative estimate of drug-likeness (QED) is 0.499. The summed E-state index contributed by atoms with van der Waals surface area (Å²) in [6, 6.07) is 3.17. The van der Waals surface area contributed by atoms with Crippen LogP contribution in [0.15, 0.2) is 24.5 Å². The van der Waals surface area contributed by atoms with Gasteiger partial charge in [0.2, 0.25) is 5.88 Å². The van der Waals surface area contributed by atoms with Crippen LogP contribution in [-0.2, 0) is 14.3 Å². The molecule has 2 atom stereocenters. The van der Waals surface area contributed by atoms with E-state index in [1.807, 2.05) is 6.92 Å². The number of nitrogens with two attached hydrogens (primary N) is 1. The summed E-state index contributed by atoms with van der Waals surface area (Å²) in [4.78, 5) is 32.4. The largest absolute Gasteiger partial charge is 0.466 e. The Morgan fingerprint density at radius 3 is 2.85 bits per heavy atom. The first-order chi connectivity index (χ1) is 16.3. The zero-order chi connectivity index (χ0) is 24.0. The second kappa shape index (κ2) is 8.41. The molecule has 4 heterocycles. The van der Waals surface area contributed by atoms with E-state index in [0.717, 1.165) is 0 Å². The number of halogens is 1. The third kappa shape index (κ3) is 3.83. The number of nitrogens with one attached hydrogen (secondary N) is 2. The van der Waals surface area contributed by atoms with Gasteiger partial charge in [0.15, 0.2) is 12.4 Å². The van der Waals surface area contributed by atoms with Crippen molar-refractivity contribution in [2.45, 2.75) is 20.0 Å². The van der Waals surface area contributed by atoms with Gasteiger partial charge in [-0.2, -0.15) is 0 Å². The maximum absolute atomic E-state index is 15.3. The number of fused-ring (bicyclic) bond motifs is 2. The van der Waals surface area contributed by atoms with Gasteiger partial charge in [0.05, 0.1) is 18.9 Å². The lowest BCUT2D eigenvalue weighted by atomic mass is 9.97. The number of rotatable bonds is 3. The highest BCUT2D eigenvalue weighted by Crippen LogP contribution is 2.39. The molecule has 1 fully saturated rings. The molecule has 176 valence electrons. The Hall–Kier alpha value is -3.99. The van der Waals surface area contributed by atoms with Crippen molar-refractivity contribution in [1.82, 2.24) is 9.97 Å². The Morgan fingerprint density at radius 2 is 2.09 bits per heavy atom. The molecule has 0 aliphatic carbocycles. The van der Waals surface area contributed by atoms with Crippen molar-refractivity contribution < 1.29 is 28.2 Å². The number of aromatic nitrogens is 2. The summed E-state index contributed by atoms with van der Waals surface area (Å²) < 4.78 is 31.3. The zero-order valence-corrected chi connectivity index (χ0v) is 18.5. The van der Waals surface area contributed by atoms with Gasteiger partial charge in [-0.1, -0.05) is 6.92 Å². The van der Waals surface area contributed by atoms with Gasteiger partial charge >= 0.3 is 6.09 Å². The van der Waals surface area contributed by atoms with Crippen molar-refractivity contribution in [2.75, 3.05) is 36.2 Å². The normalized spacial score (nSPS) is 19.3. The molecular formula is C23H22FN5O5. The molecule has 2 amide bonds. The van der Waals surface area contributed by atoms with E-state index in [4.69, 9.17) is 19.9 Å². The Morgan fingerprint density at radius 1 is 1.26 bits per heavy atom. The summed E-state index contributed by atoms with van der Waals surface area (Å²) in [6.07, 6.45) is 1.87. The van der Waals surface area contributed by atoms with Crippen LogP contribution in [0, 0.1) is 18.7 Å². The smallest absolute Gasteiger partial charge is 0.413 e. The number of amides is 2. The minimum atomic E-state index is -0.657. The van der Waals surface area contributed by atoms with Crippen molar-refractivity contribution in [1.29, 1.82) is 0 Å². The second-order valence-electron chi connectivity index (χ2n) is 8.34. The van der Waals surface area contributed by atoms with E-state index >= 15 is 4.39 Å². The highest BCUT2D eigenvalue weighted by Gasteiger charge is 2.28. The average molecular weight is 467 g/mol. The molecule has 3 aromatic rings. The SMILES string of the molecule is Cc1c(-c2cc3cc(NC(=O)OC4COCC4C)ncc3c(N)c2F)cnc2c1NC(=O)CO2. The van der Waals surface area contributed by atoms with Crippen LogP contribution >= 0.6 is 0 Å². The standard InChI is InChI=1S/C23H22FN5O5/c1-10-7-32-8-16(10)34-23(31)28-17-4-12-3-13(19(24)20(25)15(12)6-26-17)14-5-27-22-21(11(14)2)29-18(30)9-33-22/h3-6,10,16H,7-9,25H2,1-2H3,(H,29,30)(H,26,28,31). The van der Waals surface area contributed by atoms with Gasteiger partial charge in [0.25, 0.3) is 5.91 Å². The fourth-order valence-electron chi connectivity index (χ4n) is 4.04. The lowest BCUT2D eigenvalue weighted by molar-refractivity contribution is -0.118. The van der Waals surface area contributed by atoms with E-state index < -0.39 is 11.9 Å². The van der Waals surface area contributed by atoms with E-state index in [1.54, 1.807) is 19.1 Å². The molecule has 2 aliphatic rings. The fraction of sp³-hybridized carbons (Fsp3) is 0.304.